The van der Waals surface area contributed by atoms with Gasteiger partial charge in [0, 0.05) is 37.9 Å². The molecule has 2 aromatic rings. The first-order chi connectivity index (χ1) is 14.1. The van der Waals surface area contributed by atoms with E-state index < -0.39 is 11.1 Å². The normalized spacial score (nSPS) is 18.1. The number of carbonyl (C=O) groups excluding carboxylic acids is 3. The van der Waals surface area contributed by atoms with Crippen LogP contribution in [0.4, 0.5) is 21.2 Å². The van der Waals surface area contributed by atoms with Gasteiger partial charge in [-0.3, -0.25) is 14.9 Å². The molecule has 0 radical (unpaired) electrons. The summed E-state index contributed by atoms with van der Waals surface area (Å²) >= 11 is 0.810. The van der Waals surface area contributed by atoms with Crippen molar-refractivity contribution in [3.63, 3.8) is 0 Å². The van der Waals surface area contributed by atoms with Gasteiger partial charge in [0.2, 0.25) is 5.95 Å². The minimum Gasteiger partial charge on any atom is -0.337 e. The van der Waals surface area contributed by atoms with Crippen LogP contribution in [0.25, 0.3) is 6.08 Å². The fraction of sp³-hybridized carbons (Fsp3) is 0.222. The molecule has 148 valence electrons. The quantitative estimate of drug-likeness (QED) is 0.730. The molecule has 2 saturated heterocycles. The largest absolute Gasteiger partial charge is 0.337 e. The van der Waals surface area contributed by atoms with Crippen LogP contribution in [0.15, 0.2) is 41.6 Å². The second-order valence-electron chi connectivity index (χ2n) is 6.27. The molecule has 11 heteroatoms. The maximum absolute atomic E-state index is 12.4. The predicted octanol–water partition coefficient (Wildman–Crippen LogP) is 1.55. The number of hydrogen-bond acceptors (Lipinski definition) is 8. The number of imide groups is 1. The number of hydrogen-bond donors (Lipinski definition) is 2. The zero-order valence-corrected chi connectivity index (χ0v) is 16.1. The van der Waals surface area contributed by atoms with Crippen LogP contribution in [0.3, 0.4) is 0 Å². The van der Waals surface area contributed by atoms with Crippen molar-refractivity contribution in [2.24, 2.45) is 0 Å². The number of piperazine rings is 1. The fourth-order valence-electron chi connectivity index (χ4n) is 2.89. The van der Waals surface area contributed by atoms with E-state index in [-0.39, 0.29) is 10.9 Å². The molecule has 2 N–H and O–H groups in total. The van der Waals surface area contributed by atoms with Crippen molar-refractivity contribution in [1.29, 1.82) is 0 Å². The van der Waals surface area contributed by atoms with Crippen LogP contribution in [0, 0.1) is 0 Å². The second-order valence-corrected chi connectivity index (χ2v) is 7.28. The molecule has 0 bridgehead atoms. The van der Waals surface area contributed by atoms with Gasteiger partial charge in [0.05, 0.1) is 4.91 Å². The van der Waals surface area contributed by atoms with Gasteiger partial charge in [0.1, 0.15) is 6.33 Å². The highest BCUT2D eigenvalue weighted by molar-refractivity contribution is 8.18. The van der Waals surface area contributed by atoms with Crippen LogP contribution in [0.1, 0.15) is 5.82 Å². The molecule has 1 aromatic heterocycles. The highest BCUT2D eigenvalue weighted by atomic mass is 32.2. The average Bonchev–Trinajstić information content (AvgIpc) is 3.05. The summed E-state index contributed by atoms with van der Waals surface area (Å²) in [7, 11) is 0. The van der Waals surface area contributed by atoms with E-state index in [1.54, 1.807) is 4.90 Å². The zero-order chi connectivity index (χ0) is 20.2. The van der Waals surface area contributed by atoms with E-state index in [1.165, 1.54) is 12.4 Å². The first-order valence-corrected chi connectivity index (χ1v) is 9.70. The highest BCUT2D eigenvalue weighted by Gasteiger charge is 2.26. The molecule has 0 atom stereocenters. The molecule has 0 spiro atoms. The van der Waals surface area contributed by atoms with Gasteiger partial charge in [-0.1, -0.05) is 18.2 Å². The fourth-order valence-corrected chi connectivity index (χ4v) is 3.55. The van der Waals surface area contributed by atoms with Gasteiger partial charge in [0.15, 0.2) is 5.82 Å². The number of anilines is 2. The lowest BCUT2D eigenvalue weighted by Gasteiger charge is -2.34. The summed E-state index contributed by atoms with van der Waals surface area (Å²) in [6.45, 7) is 2.17. The van der Waals surface area contributed by atoms with Crippen molar-refractivity contribution < 1.29 is 14.4 Å². The van der Waals surface area contributed by atoms with E-state index >= 15 is 0 Å². The monoisotopic (exact) mass is 411 g/mol. The zero-order valence-electron chi connectivity index (χ0n) is 15.2. The van der Waals surface area contributed by atoms with Crippen molar-refractivity contribution in [3.8, 4) is 0 Å². The molecule has 2 aliphatic rings. The first kappa shape index (κ1) is 18.9. The molecule has 3 heterocycles. The Kier molecular flexibility index (Phi) is 5.38. The number of aromatic nitrogens is 3. The van der Waals surface area contributed by atoms with E-state index in [1.807, 2.05) is 35.2 Å². The molecule has 2 fully saturated rings. The van der Waals surface area contributed by atoms with Crippen molar-refractivity contribution in [2.75, 3.05) is 36.4 Å². The Balaban J connectivity index is 1.37. The van der Waals surface area contributed by atoms with E-state index in [2.05, 4.69) is 25.6 Å². The molecule has 4 rings (SSSR count). The number of thioether (sulfide) groups is 1. The standard InChI is InChI=1S/C18H17N7O3S/c26-15-13(29-18(28)23-15)10-14-19-11-20-16(22-14)24-6-8-25(9-7-24)17(27)21-12-4-2-1-3-5-12/h1-5,10-11H,6-9H2,(H,21,27)(H,23,26,28)/b13-10+. The number of urea groups is 1. The molecule has 1 aromatic carbocycles. The Bertz CT molecular complexity index is 974. The molecular weight excluding hydrogens is 394 g/mol. The number of rotatable bonds is 3. The summed E-state index contributed by atoms with van der Waals surface area (Å²) in [5.41, 5.74) is 0.752. The third-order valence-electron chi connectivity index (χ3n) is 4.35. The van der Waals surface area contributed by atoms with E-state index in [0.717, 1.165) is 17.4 Å². The third kappa shape index (κ3) is 4.51. The van der Waals surface area contributed by atoms with E-state index in [0.29, 0.717) is 38.0 Å². The predicted molar refractivity (Wildman–Crippen MR) is 108 cm³/mol. The Morgan fingerprint density at radius 2 is 1.86 bits per heavy atom. The van der Waals surface area contributed by atoms with Gasteiger partial charge in [-0.05, 0) is 23.9 Å². The van der Waals surface area contributed by atoms with Gasteiger partial charge in [-0.2, -0.15) is 4.98 Å². The SMILES string of the molecule is O=C1NC(=O)/C(=C\c2ncnc(N3CCN(C(=O)Nc4ccccc4)CC3)n2)S1. The Labute approximate surface area is 170 Å². The molecule has 0 aliphatic carbocycles. The molecule has 29 heavy (non-hydrogen) atoms. The maximum Gasteiger partial charge on any atom is 0.321 e. The van der Waals surface area contributed by atoms with Crippen LogP contribution in [0.5, 0.6) is 0 Å². The smallest absolute Gasteiger partial charge is 0.321 e. The van der Waals surface area contributed by atoms with Gasteiger partial charge in [-0.15, -0.1) is 0 Å². The Morgan fingerprint density at radius 3 is 2.55 bits per heavy atom. The Morgan fingerprint density at radius 1 is 1.10 bits per heavy atom. The van der Waals surface area contributed by atoms with Crippen LogP contribution in [-0.2, 0) is 4.79 Å². The molecular formula is C18H17N7O3S. The summed E-state index contributed by atoms with van der Waals surface area (Å²) in [5.74, 6) is 0.302. The average molecular weight is 411 g/mol. The minimum absolute atomic E-state index is 0.147. The molecule has 0 saturated carbocycles. The number of nitrogens with zero attached hydrogens (tertiary/aromatic N) is 5. The van der Waals surface area contributed by atoms with Crippen molar-refractivity contribution >= 4 is 46.7 Å². The third-order valence-corrected chi connectivity index (χ3v) is 5.17. The lowest BCUT2D eigenvalue weighted by Crippen LogP contribution is -2.50. The molecule has 0 unspecified atom stereocenters. The number of nitrogens with one attached hydrogen (secondary N) is 2. The van der Waals surface area contributed by atoms with Gasteiger partial charge in [-0.25, -0.2) is 14.8 Å². The number of amides is 4. The summed E-state index contributed by atoms with van der Waals surface area (Å²) in [5, 5.41) is 4.65. The number of carbonyl (C=O) groups is 3. The summed E-state index contributed by atoms with van der Waals surface area (Å²) in [4.78, 5) is 51.8. The minimum atomic E-state index is -0.458. The topological polar surface area (TPSA) is 120 Å². The van der Waals surface area contributed by atoms with Crippen LogP contribution in [0.2, 0.25) is 0 Å². The molecule has 4 amide bonds. The summed E-state index contributed by atoms with van der Waals surface area (Å²) < 4.78 is 0. The number of para-hydroxylation sites is 1. The number of benzene rings is 1. The molecule has 2 aliphatic heterocycles. The summed E-state index contributed by atoms with van der Waals surface area (Å²) in [6.07, 6.45) is 2.82. The van der Waals surface area contributed by atoms with E-state index in [4.69, 9.17) is 0 Å². The maximum atomic E-state index is 12.4. The Hall–Kier alpha value is -3.47. The van der Waals surface area contributed by atoms with Crippen LogP contribution >= 0.6 is 11.8 Å². The van der Waals surface area contributed by atoms with Crippen molar-refractivity contribution in [2.45, 2.75) is 0 Å². The van der Waals surface area contributed by atoms with Gasteiger partial charge >= 0.3 is 6.03 Å². The van der Waals surface area contributed by atoms with Crippen LogP contribution < -0.4 is 15.5 Å². The first-order valence-electron chi connectivity index (χ1n) is 8.88. The van der Waals surface area contributed by atoms with Crippen molar-refractivity contribution in [3.05, 3.63) is 47.4 Å². The summed E-state index contributed by atoms with van der Waals surface area (Å²) in [6, 6.07) is 9.15. The van der Waals surface area contributed by atoms with E-state index in [9.17, 15) is 14.4 Å². The lowest BCUT2D eigenvalue weighted by atomic mass is 10.3. The second kappa shape index (κ2) is 8.27. The highest BCUT2D eigenvalue weighted by Crippen LogP contribution is 2.24. The van der Waals surface area contributed by atoms with Crippen molar-refractivity contribution in [1.82, 2.24) is 25.2 Å². The lowest BCUT2D eigenvalue weighted by molar-refractivity contribution is -0.115. The van der Waals surface area contributed by atoms with Gasteiger partial charge in [0.25, 0.3) is 11.1 Å². The van der Waals surface area contributed by atoms with Crippen LogP contribution in [-0.4, -0.2) is 63.2 Å². The van der Waals surface area contributed by atoms with Gasteiger partial charge < -0.3 is 15.1 Å². The molecule has 10 nitrogen and oxygen atoms in total.